The Morgan fingerprint density at radius 2 is 1.76 bits per heavy atom. The summed E-state index contributed by atoms with van der Waals surface area (Å²) in [5.41, 5.74) is 0.538. The lowest BCUT2D eigenvalue weighted by Crippen LogP contribution is -2.60. The maximum atomic E-state index is 13.2. The van der Waals surface area contributed by atoms with Gasteiger partial charge in [0.05, 0.1) is 6.42 Å². The van der Waals surface area contributed by atoms with Crippen molar-refractivity contribution in [3.63, 3.8) is 0 Å². The second-order valence-electron chi connectivity index (χ2n) is 10.7. The van der Waals surface area contributed by atoms with E-state index in [1.807, 2.05) is 30.5 Å². The molecule has 4 aliphatic carbocycles. The van der Waals surface area contributed by atoms with Crippen LogP contribution in [0.5, 0.6) is 0 Å². The smallest absolute Gasteiger partial charge is 0.408 e. The van der Waals surface area contributed by atoms with E-state index in [-0.39, 0.29) is 25.5 Å². The molecule has 0 radical (unpaired) electrons. The number of aromatic amines is 1. The number of fused-ring (bicyclic) bond motifs is 1. The third-order valence-electron chi connectivity index (χ3n) is 8.11. The van der Waals surface area contributed by atoms with Gasteiger partial charge < -0.3 is 25.5 Å². The Hall–Kier alpha value is -3.03. The van der Waals surface area contributed by atoms with E-state index in [9.17, 15) is 14.4 Å². The monoisotopic (exact) mass is 467 g/mol. The van der Waals surface area contributed by atoms with Crippen LogP contribution in [0.4, 0.5) is 4.79 Å². The van der Waals surface area contributed by atoms with Gasteiger partial charge >= 0.3 is 12.1 Å². The van der Waals surface area contributed by atoms with Crippen molar-refractivity contribution in [3.8, 4) is 0 Å². The highest BCUT2D eigenvalue weighted by molar-refractivity contribution is 5.91. The number of hydrogen-bond donors (Lipinski definition) is 4. The number of carbonyl (C=O) groups excluding carboxylic acids is 2. The van der Waals surface area contributed by atoms with Crippen LogP contribution >= 0.6 is 0 Å². The minimum atomic E-state index is -1.30. The number of alkyl carbamates (subject to hydrolysis) is 1. The summed E-state index contributed by atoms with van der Waals surface area (Å²) in [5, 5.41) is 15.4. The lowest BCUT2D eigenvalue weighted by atomic mass is 9.55. The van der Waals surface area contributed by atoms with E-state index >= 15 is 0 Å². The number of para-hydroxylation sites is 1. The third-order valence-corrected chi connectivity index (χ3v) is 8.11. The van der Waals surface area contributed by atoms with Gasteiger partial charge in [-0.05, 0) is 74.3 Å². The minimum absolute atomic E-state index is 0.0100. The molecule has 8 heteroatoms. The zero-order valence-electron chi connectivity index (χ0n) is 19.5. The van der Waals surface area contributed by atoms with Gasteiger partial charge in [-0.25, -0.2) is 4.79 Å². The molecule has 34 heavy (non-hydrogen) atoms. The molecule has 4 saturated carbocycles. The first-order valence-electron chi connectivity index (χ1n) is 12.3. The summed E-state index contributed by atoms with van der Waals surface area (Å²) in [4.78, 5) is 40.4. The molecular formula is C26H33N3O5. The van der Waals surface area contributed by atoms with Gasteiger partial charge in [0.15, 0.2) is 0 Å². The highest BCUT2D eigenvalue weighted by Crippen LogP contribution is 2.54. The molecule has 4 bridgehead atoms. The van der Waals surface area contributed by atoms with Crippen LogP contribution in [0.25, 0.3) is 10.9 Å². The van der Waals surface area contributed by atoms with Crippen LogP contribution in [-0.2, 0) is 20.7 Å². The number of aliphatic carboxylic acids is 1. The Balaban J connectivity index is 1.31. The Morgan fingerprint density at radius 3 is 2.44 bits per heavy atom. The largest absolute Gasteiger partial charge is 0.481 e. The topological polar surface area (TPSA) is 121 Å². The second kappa shape index (κ2) is 8.96. The first kappa shape index (κ1) is 22.7. The number of carbonyl (C=O) groups is 3. The molecule has 1 atom stereocenters. The predicted octanol–water partition coefficient (Wildman–Crippen LogP) is 3.61. The Labute approximate surface area is 198 Å². The molecule has 182 valence electrons. The molecule has 1 heterocycles. The highest BCUT2D eigenvalue weighted by atomic mass is 16.6. The summed E-state index contributed by atoms with van der Waals surface area (Å²) >= 11 is 0. The van der Waals surface area contributed by atoms with Crippen molar-refractivity contribution < 1.29 is 24.2 Å². The molecular weight excluding hydrogens is 434 g/mol. The SMILES string of the molecule is C[C@](Cc1c[nH]c2ccccc12)(NC(=O)OC1C2CC3CC(C2)CC1C3)C(=O)NCCC(=O)O. The van der Waals surface area contributed by atoms with Crippen molar-refractivity contribution in [1.82, 2.24) is 15.6 Å². The molecule has 2 aromatic rings. The average molecular weight is 468 g/mol. The van der Waals surface area contributed by atoms with Crippen LogP contribution in [0.3, 0.4) is 0 Å². The third kappa shape index (κ3) is 4.50. The fourth-order valence-electron chi connectivity index (χ4n) is 6.76. The summed E-state index contributed by atoms with van der Waals surface area (Å²) in [6.07, 6.45) is 7.10. The zero-order valence-corrected chi connectivity index (χ0v) is 19.5. The number of carboxylic acids is 1. The quantitative estimate of drug-likeness (QED) is 0.473. The zero-order chi connectivity index (χ0) is 23.9. The molecule has 0 spiro atoms. The Bertz CT molecular complexity index is 1070. The lowest BCUT2D eigenvalue weighted by Gasteiger charge is -2.53. The van der Waals surface area contributed by atoms with Crippen molar-refractivity contribution >= 4 is 28.9 Å². The van der Waals surface area contributed by atoms with Gasteiger partial charge in [0.2, 0.25) is 5.91 Å². The van der Waals surface area contributed by atoms with Crippen molar-refractivity contribution in [2.45, 2.75) is 63.5 Å². The molecule has 1 aromatic carbocycles. The molecule has 8 nitrogen and oxygen atoms in total. The maximum absolute atomic E-state index is 13.2. The summed E-state index contributed by atoms with van der Waals surface area (Å²) in [5.74, 6) is 0.974. The number of ether oxygens (including phenoxy) is 1. The molecule has 2 amide bonds. The summed E-state index contributed by atoms with van der Waals surface area (Å²) in [6.45, 7) is 1.66. The van der Waals surface area contributed by atoms with E-state index in [1.165, 1.54) is 6.42 Å². The number of carboxylic acid groups (broad SMARTS) is 1. The number of nitrogens with one attached hydrogen (secondary N) is 3. The van der Waals surface area contributed by atoms with Gasteiger partial charge in [0, 0.05) is 30.1 Å². The minimum Gasteiger partial charge on any atom is -0.481 e. The molecule has 4 fully saturated rings. The maximum Gasteiger partial charge on any atom is 0.408 e. The fourth-order valence-corrected chi connectivity index (χ4v) is 6.76. The van der Waals surface area contributed by atoms with Crippen LogP contribution < -0.4 is 10.6 Å². The second-order valence-corrected chi connectivity index (χ2v) is 10.7. The lowest BCUT2D eigenvalue weighted by molar-refractivity contribution is -0.137. The number of benzene rings is 1. The number of rotatable bonds is 8. The molecule has 6 rings (SSSR count). The molecule has 1 aromatic heterocycles. The van der Waals surface area contributed by atoms with E-state index in [4.69, 9.17) is 9.84 Å². The normalized spacial score (nSPS) is 28.9. The van der Waals surface area contributed by atoms with Gasteiger partial charge in [0.1, 0.15) is 11.6 Å². The molecule has 0 unspecified atom stereocenters. The summed E-state index contributed by atoms with van der Waals surface area (Å²) in [7, 11) is 0. The van der Waals surface area contributed by atoms with Gasteiger partial charge in [-0.3, -0.25) is 9.59 Å². The van der Waals surface area contributed by atoms with Gasteiger partial charge in [0.25, 0.3) is 0 Å². The van der Waals surface area contributed by atoms with Crippen molar-refractivity contribution in [2.24, 2.45) is 23.7 Å². The number of hydrogen-bond acceptors (Lipinski definition) is 4. The van der Waals surface area contributed by atoms with Crippen LogP contribution in [0.1, 0.15) is 51.0 Å². The molecule has 4 aliphatic rings. The van der Waals surface area contributed by atoms with Crippen LogP contribution in [0.15, 0.2) is 30.5 Å². The molecule has 0 saturated heterocycles. The number of amides is 2. The van der Waals surface area contributed by atoms with E-state index in [0.717, 1.165) is 54.0 Å². The Kier molecular flexibility index (Phi) is 6.00. The molecule has 4 N–H and O–H groups in total. The van der Waals surface area contributed by atoms with Gasteiger partial charge in [-0.1, -0.05) is 18.2 Å². The van der Waals surface area contributed by atoms with Crippen molar-refractivity contribution in [3.05, 3.63) is 36.0 Å². The Morgan fingerprint density at radius 1 is 1.09 bits per heavy atom. The van der Waals surface area contributed by atoms with Crippen LogP contribution in [-0.4, -0.2) is 46.2 Å². The first-order chi connectivity index (χ1) is 16.3. The van der Waals surface area contributed by atoms with Gasteiger partial charge in [-0.2, -0.15) is 0 Å². The van der Waals surface area contributed by atoms with Crippen LogP contribution in [0.2, 0.25) is 0 Å². The average Bonchev–Trinajstić information content (AvgIpc) is 3.18. The molecule has 0 aliphatic heterocycles. The predicted molar refractivity (Wildman–Crippen MR) is 126 cm³/mol. The van der Waals surface area contributed by atoms with E-state index in [0.29, 0.717) is 11.8 Å². The van der Waals surface area contributed by atoms with Crippen molar-refractivity contribution in [1.29, 1.82) is 0 Å². The number of aromatic nitrogens is 1. The van der Waals surface area contributed by atoms with E-state index in [1.54, 1.807) is 6.92 Å². The van der Waals surface area contributed by atoms with Crippen molar-refractivity contribution in [2.75, 3.05) is 6.54 Å². The summed E-state index contributed by atoms with van der Waals surface area (Å²) < 4.78 is 5.99. The summed E-state index contributed by atoms with van der Waals surface area (Å²) in [6, 6.07) is 7.78. The number of H-pyrrole nitrogens is 1. The van der Waals surface area contributed by atoms with E-state index < -0.39 is 23.5 Å². The highest BCUT2D eigenvalue weighted by Gasteiger charge is 2.50. The van der Waals surface area contributed by atoms with Gasteiger partial charge in [-0.15, -0.1) is 0 Å². The fraction of sp³-hybridized carbons (Fsp3) is 0.577. The van der Waals surface area contributed by atoms with Crippen LogP contribution in [0, 0.1) is 23.7 Å². The van der Waals surface area contributed by atoms with E-state index in [2.05, 4.69) is 15.6 Å². The standard InChI is InChI=1S/C26H33N3O5/c1-26(24(32)27-7-6-22(30)31,13-19-14-28-21-5-3-2-4-20(19)21)29-25(33)34-23-17-9-15-8-16(11-17)12-18(23)10-15/h2-5,14-18,23,28H,6-13H2,1H3,(H,27,32)(H,29,33)(H,30,31)/t15?,16?,17?,18?,23?,26-/m1/s1. The first-order valence-corrected chi connectivity index (χ1v) is 12.3.